The molecule has 2 rings (SSSR count). The molecular weight excluding hydrogens is 190 g/mol. The Labute approximate surface area is 90.9 Å². The average Bonchev–Trinajstić information content (AvgIpc) is 2.30. The predicted octanol–water partition coefficient (Wildman–Crippen LogP) is -0.320. The van der Waals surface area contributed by atoms with Gasteiger partial charge in [-0.25, -0.2) is 0 Å². The summed E-state index contributed by atoms with van der Waals surface area (Å²) in [6.07, 6.45) is 2.91. The molecule has 2 aliphatic rings. The fourth-order valence-corrected chi connectivity index (χ4v) is 2.03. The number of piperazine rings is 1. The summed E-state index contributed by atoms with van der Waals surface area (Å²) in [7, 11) is 2.10. The molecule has 0 aromatic heterocycles. The number of rotatable bonds is 1. The molecule has 0 atom stereocenters. The second kappa shape index (κ2) is 4.77. The number of hydrogen-bond acceptors (Lipinski definition) is 3. The summed E-state index contributed by atoms with van der Waals surface area (Å²) in [5.74, 6) is 0.254. The van der Waals surface area contributed by atoms with E-state index in [2.05, 4.69) is 17.3 Å². The molecule has 0 aliphatic carbocycles. The lowest BCUT2D eigenvalue weighted by atomic mass is 10.1. The summed E-state index contributed by atoms with van der Waals surface area (Å²) in [5, 5.41) is 3.22. The van der Waals surface area contributed by atoms with Crippen molar-refractivity contribution in [1.29, 1.82) is 0 Å². The first-order valence-corrected chi connectivity index (χ1v) is 5.65. The van der Waals surface area contributed by atoms with Gasteiger partial charge in [0.15, 0.2) is 0 Å². The first kappa shape index (κ1) is 10.6. The van der Waals surface area contributed by atoms with Gasteiger partial charge in [0.2, 0.25) is 5.91 Å². The molecule has 1 amide bonds. The molecule has 2 heterocycles. The van der Waals surface area contributed by atoms with Crippen molar-refractivity contribution in [3.63, 3.8) is 0 Å². The van der Waals surface area contributed by atoms with Crippen LogP contribution in [0.25, 0.3) is 0 Å². The van der Waals surface area contributed by atoms with Crippen molar-refractivity contribution >= 4 is 5.91 Å². The van der Waals surface area contributed by atoms with Crippen molar-refractivity contribution in [3.8, 4) is 0 Å². The lowest BCUT2D eigenvalue weighted by Crippen LogP contribution is -2.48. The van der Waals surface area contributed by atoms with Crippen LogP contribution in [0.3, 0.4) is 0 Å². The minimum Gasteiger partial charge on any atom is -0.336 e. The van der Waals surface area contributed by atoms with E-state index in [9.17, 15) is 4.79 Å². The highest BCUT2D eigenvalue weighted by Gasteiger charge is 2.22. The maximum atomic E-state index is 12.1. The van der Waals surface area contributed by atoms with Crippen LogP contribution in [0.4, 0.5) is 0 Å². The summed E-state index contributed by atoms with van der Waals surface area (Å²) >= 11 is 0. The molecule has 2 aliphatic heterocycles. The maximum Gasteiger partial charge on any atom is 0.249 e. The predicted molar refractivity (Wildman–Crippen MR) is 59.6 cm³/mol. The molecule has 0 spiro atoms. The second-order valence-electron chi connectivity index (χ2n) is 4.28. The van der Waals surface area contributed by atoms with Crippen LogP contribution in [0.2, 0.25) is 0 Å². The molecule has 84 valence electrons. The van der Waals surface area contributed by atoms with Gasteiger partial charge in [0.1, 0.15) is 0 Å². The number of hydrogen-bond donors (Lipinski definition) is 1. The van der Waals surface area contributed by atoms with Gasteiger partial charge in [-0.15, -0.1) is 0 Å². The Bertz CT molecular complexity index is 267. The lowest BCUT2D eigenvalue weighted by molar-refractivity contribution is -0.128. The van der Waals surface area contributed by atoms with Gasteiger partial charge in [0.25, 0.3) is 0 Å². The van der Waals surface area contributed by atoms with Crippen molar-refractivity contribution in [2.45, 2.75) is 6.42 Å². The van der Waals surface area contributed by atoms with Crippen LogP contribution in [0.1, 0.15) is 6.42 Å². The fourth-order valence-electron chi connectivity index (χ4n) is 2.03. The van der Waals surface area contributed by atoms with Crippen LogP contribution in [0, 0.1) is 0 Å². The summed E-state index contributed by atoms with van der Waals surface area (Å²) in [6.45, 7) is 5.52. The molecule has 0 bridgehead atoms. The Morgan fingerprint density at radius 3 is 2.67 bits per heavy atom. The Morgan fingerprint density at radius 1 is 1.33 bits per heavy atom. The van der Waals surface area contributed by atoms with Crippen LogP contribution in [0.15, 0.2) is 11.6 Å². The molecule has 0 unspecified atom stereocenters. The number of amides is 1. The highest BCUT2D eigenvalue weighted by Crippen LogP contribution is 2.10. The van der Waals surface area contributed by atoms with Crippen molar-refractivity contribution in [1.82, 2.24) is 15.1 Å². The topological polar surface area (TPSA) is 35.6 Å². The third-order valence-corrected chi connectivity index (χ3v) is 3.13. The number of nitrogens with one attached hydrogen (secondary N) is 1. The van der Waals surface area contributed by atoms with E-state index in [0.29, 0.717) is 0 Å². The zero-order valence-electron chi connectivity index (χ0n) is 9.33. The van der Waals surface area contributed by atoms with E-state index in [1.165, 1.54) is 0 Å². The molecule has 1 N–H and O–H groups in total. The van der Waals surface area contributed by atoms with Gasteiger partial charge in [0.05, 0.1) is 0 Å². The van der Waals surface area contributed by atoms with Gasteiger partial charge < -0.3 is 15.1 Å². The van der Waals surface area contributed by atoms with Crippen molar-refractivity contribution in [2.24, 2.45) is 0 Å². The summed E-state index contributed by atoms with van der Waals surface area (Å²) < 4.78 is 0. The van der Waals surface area contributed by atoms with Crippen LogP contribution in [-0.2, 0) is 4.79 Å². The SMILES string of the molecule is CN1CCN(C(=O)C2=CCNCC2)CC1. The van der Waals surface area contributed by atoms with Crippen LogP contribution < -0.4 is 5.32 Å². The number of carbonyl (C=O) groups is 1. The fraction of sp³-hybridized carbons (Fsp3) is 0.727. The van der Waals surface area contributed by atoms with E-state index in [0.717, 1.165) is 51.3 Å². The minimum atomic E-state index is 0.254. The number of carbonyl (C=O) groups excluding carboxylic acids is 1. The summed E-state index contributed by atoms with van der Waals surface area (Å²) in [5.41, 5.74) is 0.998. The van der Waals surface area contributed by atoms with E-state index >= 15 is 0 Å². The standard InChI is InChI=1S/C11H19N3O/c1-13-6-8-14(9-7-13)11(15)10-2-4-12-5-3-10/h2,12H,3-9H2,1H3. The quantitative estimate of drug-likeness (QED) is 0.643. The van der Waals surface area contributed by atoms with Crippen molar-refractivity contribution < 1.29 is 4.79 Å². The third-order valence-electron chi connectivity index (χ3n) is 3.13. The normalized spacial score (nSPS) is 23.8. The van der Waals surface area contributed by atoms with Gasteiger partial charge in [-0.2, -0.15) is 0 Å². The largest absolute Gasteiger partial charge is 0.336 e. The van der Waals surface area contributed by atoms with Crippen LogP contribution >= 0.6 is 0 Å². The first-order valence-electron chi connectivity index (χ1n) is 5.65. The second-order valence-corrected chi connectivity index (χ2v) is 4.28. The van der Waals surface area contributed by atoms with Gasteiger partial charge in [0, 0.05) is 38.3 Å². The van der Waals surface area contributed by atoms with Crippen LogP contribution in [0.5, 0.6) is 0 Å². The Kier molecular flexibility index (Phi) is 3.38. The van der Waals surface area contributed by atoms with E-state index in [4.69, 9.17) is 0 Å². The molecule has 1 saturated heterocycles. The van der Waals surface area contributed by atoms with Crippen LogP contribution in [-0.4, -0.2) is 62.0 Å². The smallest absolute Gasteiger partial charge is 0.249 e. The molecule has 0 aromatic carbocycles. The highest BCUT2D eigenvalue weighted by atomic mass is 16.2. The molecule has 4 heteroatoms. The molecule has 0 radical (unpaired) electrons. The number of likely N-dealkylation sites (N-methyl/N-ethyl adjacent to an activating group) is 1. The highest BCUT2D eigenvalue weighted by molar-refractivity contribution is 5.93. The Balaban J connectivity index is 1.92. The zero-order valence-corrected chi connectivity index (χ0v) is 9.33. The molecular formula is C11H19N3O. The van der Waals surface area contributed by atoms with Crippen molar-refractivity contribution in [2.75, 3.05) is 46.3 Å². The number of nitrogens with zero attached hydrogens (tertiary/aromatic N) is 2. The first-order chi connectivity index (χ1) is 7.27. The third kappa shape index (κ3) is 2.58. The Morgan fingerprint density at radius 2 is 2.07 bits per heavy atom. The van der Waals surface area contributed by atoms with Gasteiger partial charge >= 0.3 is 0 Å². The van der Waals surface area contributed by atoms with E-state index in [1.54, 1.807) is 0 Å². The van der Waals surface area contributed by atoms with Gasteiger partial charge in [-0.1, -0.05) is 6.08 Å². The molecule has 0 aromatic rings. The maximum absolute atomic E-state index is 12.1. The zero-order chi connectivity index (χ0) is 10.7. The van der Waals surface area contributed by atoms with E-state index in [1.807, 2.05) is 11.0 Å². The van der Waals surface area contributed by atoms with Crippen molar-refractivity contribution in [3.05, 3.63) is 11.6 Å². The average molecular weight is 209 g/mol. The lowest BCUT2D eigenvalue weighted by Gasteiger charge is -2.33. The molecule has 4 nitrogen and oxygen atoms in total. The molecule has 15 heavy (non-hydrogen) atoms. The van der Waals surface area contributed by atoms with E-state index < -0.39 is 0 Å². The van der Waals surface area contributed by atoms with Gasteiger partial charge in [-0.3, -0.25) is 4.79 Å². The summed E-state index contributed by atoms with van der Waals surface area (Å²) in [4.78, 5) is 16.3. The van der Waals surface area contributed by atoms with Gasteiger partial charge in [-0.05, 0) is 20.0 Å². The monoisotopic (exact) mass is 209 g/mol. The van der Waals surface area contributed by atoms with E-state index in [-0.39, 0.29) is 5.91 Å². The minimum absolute atomic E-state index is 0.254. The molecule has 0 saturated carbocycles. The molecule has 1 fully saturated rings. The Hall–Kier alpha value is -0.870. The summed E-state index contributed by atoms with van der Waals surface area (Å²) in [6, 6.07) is 0.